The third-order valence-corrected chi connectivity index (χ3v) is 9.06. The van der Waals surface area contributed by atoms with Gasteiger partial charge in [0.15, 0.2) is 0 Å². The lowest BCUT2D eigenvalue weighted by molar-refractivity contribution is 0.277. The highest BCUT2D eigenvalue weighted by Gasteiger charge is 2.12. The van der Waals surface area contributed by atoms with Crippen LogP contribution in [0.5, 0.6) is 0 Å². The van der Waals surface area contributed by atoms with Gasteiger partial charge in [0.05, 0.1) is 22.4 Å². The summed E-state index contributed by atoms with van der Waals surface area (Å²) in [4.78, 5) is 18.8. The van der Waals surface area contributed by atoms with Crippen LogP contribution in [0.2, 0.25) is 10.0 Å². The van der Waals surface area contributed by atoms with Crippen molar-refractivity contribution >= 4 is 69.8 Å². The van der Waals surface area contributed by atoms with Gasteiger partial charge in [0.25, 0.3) is 0 Å². The van der Waals surface area contributed by atoms with Crippen LogP contribution in [0, 0.1) is 0 Å². The van der Waals surface area contributed by atoms with Gasteiger partial charge in [-0.25, -0.2) is 9.97 Å². The molecule has 0 radical (unpaired) electrons. The molecule has 0 amide bonds. The minimum Gasteiger partial charge on any atom is -0.308 e. The summed E-state index contributed by atoms with van der Waals surface area (Å²) in [5.41, 5.74) is 8.69. The summed E-state index contributed by atoms with van der Waals surface area (Å²) in [6.07, 6.45) is 0. The Kier molecular flexibility index (Phi) is 17.3. The number of likely N-dealkylation sites (N-methyl/N-ethyl adjacent to an activating group) is 4. The average molecular weight is 781 g/mol. The number of fused-ring (bicyclic) bond motifs is 2. The third-order valence-electron chi connectivity index (χ3n) is 8.59. The zero-order valence-corrected chi connectivity index (χ0v) is 34.0. The first-order valence-electron chi connectivity index (χ1n) is 17.0. The van der Waals surface area contributed by atoms with Gasteiger partial charge in [-0.15, -0.1) is 24.8 Å². The molecule has 6 rings (SSSR count). The van der Waals surface area contributed by atoms with Crippen molar-refractivity contribution in [2.45, 2.75) is 13.1 Å². The second-order valence-electron chi connectivity index (χ2n) is 13.5. The lowest BCUT2D eigenvalue weighted by Gasteiger charge is -2.20. The molecule has 0 atom stereocenters. The Morgan fingerprint density at radius 2 is 0.827 bits per heavy atom. The summed E-state index contributed by atoms with van der Waals surface area (Å²) >= 11 is 12.4. The highest BCUT2D eigenvalue weighted by molar-refractivity contribution is 6.31. The second kappa shape index (κ2) is 20.8. The van der Waals surface area contributed by atoms with E-state index in [1.807, 2.05) is 60.7 Å². The van der Waals surface area contributed by atoms with Crippen LogP contribution in [0.25, 0.3) is 44.3 Å². The maximum absolute atomic E-state index is 6.20. The molecule has 52 heavy (non-hydrogen) atoms. The van der Waals surface area contributed by atoms with Gasteiger partial charge < -0.3 is 19.6 Å². The Balaban J connectivity index is 0.000000270. The smallest absolute Gasteiger partial charge is 0.0727 e. The standard InChI is InChI=1S/2C21H24ClN3.2ClH/c2*1-24(2)11-12-25(3)15-17-13-20(16-7-5-4-6-8-16)23-21-14-18(22)9-10-19(17)21;;/h2*4-10,13-14H,11-12,15H2,1-3H3;2*1H. The molecule has 10 heteroatoms. The number of pyridine rings is 2. The van der Waals surface area contributed by atoms with Crippen LogP contribution >= 0.6 is 48.0 Å². The van der Waals surface area contributed by atoms with Crippen LogP contribution < -0.4 is 0 Å². The fourth-order valence-electron chi connectivity index (χ4n) is 5.80. The summed E-state index contributed by atoms with van der Waals surface area (Å²) in [6, 6.07) is 37.0. The van der Waals surface area contributed by atoms with E-state index in [1.165, 1.54) is 21.9 Å². The molecule has 276 valence electrons. The number of halogens is 4. The largest absolute Gasteiger partial charge is 0.308 e. The number of hydrogen-bond donors (Lipinski definition) is 0. The number of rotatable bonds is 12. The molecule has 0 aliphatic rings. The zero-order valence-electron chi connectivity index (χ0n) is 30.9. The molecule has 2 heterocycles. The van der Waals surface area contributed by atoms with E-state index in [9.17, 15) is 0 Å². The van der Waals surface area contributed by atoms with Crippen LogP contribution in [-0.4, -0.2) is 98.0 Å². The number of nitrogens with zero attached hydrogens (tertiary/aromatic N) is 6. The average Bonchev–Trinajstić information content (AvgIpc) is 3.10. The van der Waals surface area contributed by atoms with Gasteiger partial charge in [0.2, 0.25) is 0 Å². The summed E-state index contributed by atoms with van der Waals surface area (Å²) in [5.74, 6) is 0. The lowest BCUT2D eigenvalue weighted by atomic mass is 10.0. The Morgan fingerprint density at radius 3 is 1.17 bits per heavy atom. The summed E-state index contributed by atoms with van der Waals surface area (Å²) in [6.45, 7) is 5.88. The Bertz CT molecular complexity index is 1850. The van der Waals surface area contributed by atoms with Gasteiger partial charge in [-0.1, -0.05) is 96.0 Å². The molecule has 6 aromatic rings. The molecule has 0 saturated carbocycles. The number of aromatic nitrogens is 2. The Hall–Kier alpha value is -3.30. The van der Waals surface area contributed by atoms with Crippen molar-refractivity contribution in [2.24, 2.45) is 0 Å². The molecule has 2 aromatic heterocycles. The van der Waals surface area contributed by atoms with E-state index >= 15 is 0 Å². The highest BCUT2D eigenvalue weighted by Crippen LogP contribution is 2.29. The molecule has 0 saturated heterocycles. The first-order chi connectivity index (χ1) is 24.0. The molecular weight excluding hydrogens is 730 g/mol. The topological polar surface area (TPSA) is 38.7 Å². The van der Waals surface area contributed by atoms with E-state index < -0.39 is 0 Å². The zero-order chi connectivity index (χ0) is 35.6. The van der Waals surface area contributed by atoms with Gasteiger partial charge in [-0.05, 0) is 89.8 Å². The fraction of sp³-hybridized carbons (Fsp3) is 0.286. The predicted molar refractivity (Wildman–Crippen MR) is 229 cm³/mol. The van der Waals surface area contributed by atoms with Crippen molar-refractivity contribution in [1.82, 2.24) is 29.6 Å². The van der Waals surface area contributed by atoms with Gasteiger partial charge >= 0.3 is 0 Å². The van der Waals surface area contributed by atoms with E-state index in [2.05, 4.69) is 110 Å². The SMILES string of the molecule is CN(C)CCN(C)Cc1cc(-c2ccccc2)nc2cc(Cl)ccc12.CN(C)CCN(C)Cc1cc(-c2ccccc2)nc2cc(Cl)ccc12.Cl.Cl. The molecule has 0 unspecified atom stereocenters. The van der Waals surface area contributed by atoms with Crippen molar-refractivity contribution in [1.29, 1.82) is 0 Å². The summed E-state index contributed by atoms with van der Waals surface area (Å²) < 4.78 is 0. The van der Waals surface area contributed by atoms with Crippen LogP contribution in [0.4, 0.5) is 0 Å². The van der Waals surface area contributed by atoms with Crippen LogP contribution in [0.3, 0.4) is 0 Å². The van der Waals surface area contributed by atoms with Gasteiger partial charge in [-0.2, -0.15) is 0 Å². The molecule has 0 bridgehead atoms. The van der Waals surface area contributed by atoms with Gasteiger partial charge in [0, 0.05) is 71.2 Å². The first kappa shape index (κ1) is 43.1. The van der Waals surface area contributed by atoms with Gasteiger partial charge in [-0.3, -0.25) is 0 Å². The monoisotopic (exact) mass is 778 g/mol. The van der Waals surface area contributed by atoms with Crippen LogP contribution in [0.1, 0.15) is 11.1 Å². The van der Waals surface area contributed by atoms with Crippen LogP contribution in [0.15, 0.2) is 109 Å². The molecule has 6 nitrogen and oxygen atoms in total. The van der Waals surface area contributed by atoms with Crippen molar-refractivity contribution in [2.75, 3.05) is 68.5 Å². The van der Waals surface area contributed by atoms with Gasteiger partial charge in [0.1, 0.15) is 0 Å². The molecule has 4 aromatic carbocycles. The van der Waals surface area contributed by atoms with E-state index in [0.29, 0.717) is 0 Å². The first-order valence-corrected chi connectivity index (χ1v) is 17.8. The van der Waals surface area contributed by atoms with Crippen molar-refractivity contribution in [3.63, 3.8) is 0 Å². The lowest BCUT2D eigenvalue weighted by Crippen LogP contribution is -2.28. The fourth-order valence-corrected chi connectivity index (χ4v) is 6.14. The van der Waals surface area contributed by atoms with E-state index in [4.69, 9.17) is 33.2 Å². The molecule has 0 fully saturated rings. The number of hydrogen-bond acceptors (Lipinski definition) is 6. The number of benzene rings is 4. The molecule has 0 aliphatic carbocycles. The second-order valence-corrected chi connectivity index (χ2v) is 14.3. The normalized spacial score (nSPS) is 11.2. The minimum absolute atomic E-state index is 0. The predicted octanol–water partition coefficient (Wildman–Crippen LogP) is 9.94. The Morgan fingerprint density at radius 1 is 0.462 bits per heavy atom. The molecule has 0 spiro atoms. The van der Waals surface area contributed by atoms with Crippen molar-refractivity contribution < 1.29 is 0 Å². The third kappa shape index (κ3) is 12.4. The van der Waals surface area contributed by atoms with Crippen molar-refractivity contribution in [3.8, 4) is 22.5 Å². The highest BCUT2D eigenvalue weighted by atomic mass is 35.5. The maximum Gasteiger partial charge on any atom is 0.0727 e. The Labute approximate surface area is 332 Å². The minimum atomic E-state index is 0. The summed E-state index contributed by atoms with van der Waals surface area (Å²) in [7, 11) is 12.7. The molecule has 0 N–H and O–H groups in total. The van der Waals surface area contributed by atoms with E-state index in [1.54, 1.807) is 0 Å². The molecule has 0 aliphatic heterocycles. The quantitative estimate of drug-likeness (QED) is 0.123. The van der Waals surface area contributed by atoms with Crippen LogP contribution in [-0.2, 0) is 13.1 Å². The van der Waals surface area contributed by atoms with Crippen molar-refractivity contribution in [3.05, 3.63) is 130 Å². The summed E-state index contributed by atoms with van der Waals surface area (Å²) in [5, 5.41) is 3.77. The molecular formula is C42H50Cl4N6. The van der Waals surface area contributed by atoms with E-state index in [-0.39, 0.29) is 24.8 Å². The maximum atomic E-state index is 6.20. The van der Waals surface area contributed by atoms with E-state index in [0.717, 1.165) is 82.9 Å².